The number of nitrogens with one attached hydrogen (secondary N) is 1. The minimum Gasteiger partial charge on any atom is -0.394 e. The number of aliphatic hydroxyl groups excluding tert-OH is 1. The van der Waals surface area contributed by atoms with Gasteiger partial charge in [-0.05, 0) is 30.9 Å². The van der Waals surface area contributed by atoms with Crippen molar-refractivity contribution < 1.29 is 9.90 Å². The molecule has 0 spiro atoms. The van der Waals surface area contributed by atoms with Gasteiger partial charge < -0.3 is 10.4 Å². The first-order chi connectivity index (χ1) is 7.71. The minimum absolute atomic E-state index is 0.0348. The van der Waals surface area contributed by atoms with E-state index >= 15 is 0 Å². The van der Waals surface area contributed by atoms with Gasteiger partial charge in [-0.1, -0.05) is 25.1 Å². The second-order valence-electron chi connectivity index (χ2n) is 4.40. The number of amides is 1. The third-order valence-corrected chi connectivity index (χ3v) is 3.18. The third kappa shape index (κ3) is 2.09. The number of hydrogen-bond donors (Lipinski definition) is 2. The van der Waals surface area contributed by atoms with Crippen LogP contribution in [0.4, 0.5) is 0 Å². The molecule has 0 bridgehead atoms. The van der Waals surface area contributed by atoms with Crippen LogP contribution < -0.4 is 5.32 Å². The summed E-state index contributed by atoms with van der Waals surface area (Å²) in [5.41, 5.74) is 1.44. The fourth-order valence-corrected chi connectivity index (χ4v) is 1.83. The molecule has 1 fully saturated rings. The molecule has 0 unspecified atom stereocenters. The molecule has 2 rings (SSSR count). The number of carbonyl (C=O) groups excluding carboxylic acids is 1. The van der Waals surface area contributed by atoms with Crippen LogP contribution in [0.25, 0.3) is 0 Å². The van der Waals surface area contributed by atoms with Crippen molar-refractivity contribution >= 4 is 5.91 Å². The molecule has 0 saturated heterocycles. The van der Waals surface area contributed by atoms with Gasteiger partial charge in [0, 0.05) is 5.56 Å². The summed E-state index contributed by atoms with van der Waals surface area (Å²) in [6.07, 6.45) is 2.60. The van der Waals surface area contributed by atoms with E-state index < -0.39 is 0 Å². The van der Waals surface area contributed by atoms with Gasteiger partial charge in [-0.15, -0.1) is 0 Å². The van der Waals surface area contributed by atoms with Crippen LogP contribution in [0, 0.1) is 0 Å². The molecular weight excluding hydrogens is 202 g/mol. The smallest absolute Gasteiger partial charge is 0.252 e. The van der Waals surface area contributed by atoms with E-state index in [-0.39, 0.29) is 18.1 Å². The Bertz CT molecular complexity index is 397. The number of aliphatic hydroxyl groups is 1. The summed E-state index contributed by atoms with van der Waals surface area (Å²) in [4.78, 5) is 12.0. The van der Waals surface area contributed by atoms with E-state index in [9.17, 15) is 4.79 Å². The van der Waals surface area contributed by atoms with Gasteiger partial charge in [-0.25, -0.2) is 0 Å². The molecule has 0 aliphatic heterocycles. The monoisotopic (exact) mass is 219 g/mol. The summed E-state index contributed by atoms with van der Waals surface area (Å²) in [5.74, 6) is -0.0657. The molecule has 1 amide bonds. The van der Waals surface area contributed by atoms with Crippen LogP contribution in [-0.4, -0.2) is 23.2 Å². The molecular formula is C13H17NO2. The van der Waals surface area contributed by atoms with E-state index in [0.717, 1.165) is 30.4 Å². The van der Waals surface area contributed by atoms with Gasteiger partial charge in [0.05, 0.1) is 12.1 Å². The van der Waals surface area contributed by atoms with Crippen LogP contribution in [0.5, 0.6) is 0 Å². The summed E-state index contributed by atoms with van der Waals surface area (Å²) in [5, 5.41) is 12.1. The van der Waals surface area contributed by atoms with E-state index in [4.69, 9.17) is 5.11 Å². The lowest BCUT2D eigenvalue weighted by Gasteiger charge is -2.15. The lowest BCUT2D eigenvalue weighted by molar-refractivity contribution is 0.0906. The Balaban J connectivity index is 2.14. The van der Waals surface area contributed by atoms with Gasteiger partial charge in [0.2, 0.25) is 0 Å². The van der Waals surface area contributed by atoms with E-state index in [1.165, 1.54) is 0 Å². The van der Waals surface area contributed by atoms with Crippen molar-refractivity contribution in [2.45, 2.75) is 31.7 Å². The second kappa shape index (κ2) is 4.26. The third-order valence-electron chi connectivity index (χ3n) is 3.18. The van der Waals surface area contributed by atoms with Crippen LogP contribution in [-0.2, 0) is 6.42 Å². The van der Waals surface area contributed by atoms with Crippen molar-refractivity contribution in [3.63, 3.8) is 0 Å². The lowest BCUT2D eigenvalue weighted by Crippen LogP contribution is -2.39. The normalized spacial score (nSPS) is 16.9. The Kier molecular flexibility index (Phi) is 2.97. The molecule has 3 heteroatoms. The molecule has 0 radical (unpaired) electrons. The molecule has 0 aromatic heterocycles. The first-order valence-electron chi connectivity index (χ1n) is 5.72. The maximum atomic E-state index is 12.0. The molecule has 1 aromatic rings. The van der Waals surface area contributed by atoms with E-state index in [2.05, 4.69) is 5.32 Å². The maximum absolute atomic E-state index is 12.0. The Labute approximate surface area is 95.5 Å². The van der Waals surface area contributed by atoms with Gasteiger partial charge in [0.1, 0.15) is 0 Å². The molecule has 3 nitrogen and oxygen atoms in total. The van der Waals surface area contributed by atoms with E-state index in [0.29, 0.717) is 0 Å². The highest BCUT2D eigenvalue weighted by atomic mass is 16.3. The molecule has 0 heterocycles. The molecule has 1 saturated carbocycles. The average Bonchev–Trinajstić information content (AvgIpc) is 3.09. The van der Waals surface area contributed by atoms with Gasteiger partial charge >= 0.3 is 0 Å². The summed E-state index contributed by atoms with van der Waals surface area (Å²) in [6, 6.07) is 7.61. The molecule has 16 heavy (non-hydrogen) atoms. The SMILES string of the molecule is CCc1ccccc1C(=O)NC1(CO)CC1. The fourth-order valence-electron chi connectivity index (χ4n) is 1.83. The Morgan fingerprint density at radius 2 is 2.12 bits per heavy atom. The number of benzene rings is 1. The molecule has 1 aliphatic carbocycles. The maximum Gasteiger partial charge on any atom is 0.252 e. The number of aryl methyl sites for hydroxylation is 1. The van der Waals surface area contributed by atoms with Gasteiger partial charge in [0.15, 0.2) is 0 Å². The quantitative estimate of drug-likeness (QED) is 0.806. The topological polar surface area (TPSA) is 49.3 Å². The highest BCUT2D eigenvalue weighted by Crippen LogP contribution is 2.34. The number of carbonyl (C=O) groups is 1. The lowest BCUT2D eigenvalue weighted by atomic mass is 10.0. The molecule has 0 atom stereocenters. The molecule has 1 aromatic carbocycles. The second-order valence-corrected chi connectivity index (χ2v) is 4.40. The zero-order valence-corrected chi connectivity index (χ0v) is 9.49. The first-order valence-corrected chi connectivity index (χ1v) is 5.72. The molecule has 1 aliphatic rings. The Hall–Kier alpha value is -1.35. The molecule has 86 valence electrons. The summed E-state index contributed by atoms with van der Waals surface area (Å²) in [6.45, 7) is 2.07. The largest absolute Gasteiger partial charge is 0.394 e. The van der Waals surface area contributed by atoms with Gasteiger partial charge in [-0.3, -0.25) is 4.79 Å². The van der Waals surface area contributed by atoms with Crippen LogP contribution in [0.1, 0.15) is 35.7 Å². The highest BCUT2D eigenvalue weighted by molar-refractivity contribution is 5.96. The minimum atomic E-state index is -0.335. The average molecular weight is 219 g/mol. The molecule has 2 N–H and O–H groups in total. The van der Waals surface area contributed by atoms with Crippen LogP contribution >= 0.6 is 0 Å². The standard InChI is InChI=1S/C13H17NO2/c1-2-10-5-3-4-6-11(10)12(16)14-13(9-15)7-8-13/h3-6,15H,2,7-9H2,1H3,(H,14,16). The first kappa shape index (κ1) is 11.1. The number of rotatable bonds is 4. The van der Waals surface area contributed by atoms with Crippen molar-refractivity contribution in [1.29, 1.82) is 0 Å². The van der Waals surface area contributed by atoms with Crippen molar-refractivity contribution in [2.24, 2.45) is 0 Å². The Morgan fingerprint density at radius 3 is 2.69 bits per heavy atom. The van der Waals surface area contributed by atoms with Crippen molar-refractivity contribution in [2.75, 3.05) is 6.61 Å². The van der Waals surface area contributed by atoms with Gasteiger partial charge in [-0.2, -0.15) is 0 Å². The van der Waals surface area contributed by atoms with Crippen LogP contribution in [0.3, 0.4) is 0 Å². The highest BCUT2D eigenvalue weighted by Gasteiger charge is 2.43. The van der Waals surface area contributed by atoms with Crippen LogP contribution in [0.2, 0.25) is 0 Å². The summed E-state index contributed by atoms with van der Waals surface area (Å²) < 4.78 is 0. The van der Waals surface area contributed by atoms with Crippen molar-refractivity contribution in [3.8, 4) is 0 Å². The predicted molar refractivity (Wildman–Crippen MR) is 62.3 cm³/mol. The zero-order valence-electron chi connectivity index (χ0n) is 9.49. The fraction of sp³-hybridized carbons (Fsp3) is 0.462. The number of hydrogen-bond acceptors (Lipinski definition) is 2. The van der Waals surface area contributed by atoms with Crippen molar-refractivity contribution in [1.82, 2.24) is 5.32 Å². The van der Waals surface area contributed by atoms with Crippen LogP contribution in [0.15, 0.2) is 24.3 Å². The predicted octanol–water partition coefficient (Wildman–Crippen LogP) is 1.50. The summed E-state index contributed by atoms with van der Waals surface area (Å²) in [7, 11) is 0. The zero-order chi connectivity index (χ0) is 11.6. The Morgan fingerprint density at radius 1 is 1.44 bits per heavy atom. The van der Waals surface area contributed by atoms with Crippen molar-refractivity contribution in [3.05, 3.63) is 35.4 Å². The summed E-state index contributed by atoms with van der Waals surface area (Å²) >= 11 is 0. The van der Waals surface area contributed by atoms with Gasteiger partial charge in [0.25, 0.3) is 5.91 Å². The van der Waals surface area contributed by atoms with E-state index in [1.807, 2.05) is 31.2 Å². The van der Waals surface area contributed by atoms with E-state index in [1.54, 1.807) is 0 Å².